The number of hydrogen-bond acceptors (Lipinski definition) is 7. The van der Waals surface area contributed by atoms with Crippen LogP contribution in [-0.4, -0.2) is 44.8 Å². The van der Waals surface area contributed by atoms with Crippen molar-refractivity contribution in [2.24, 2.45) is 5.92 Å². The molecule has 1 saturated carbocycles. The molecule has 1 aromatic heterocycles. The van der Waals surface area contributed by atoms with Crippen LogP contribution in [0.2, 0.25) is 5.02 Å². The fraction of sp³-hybridized carbons (Fsp3) is 0.500. The largest absolute Gasteiger partial charge is 0.350 e. The number of hydrogen-bond donors (Lipinski definition) is 1. The Kier molecular flexibility index (Phi) is 8.21. The highest BCUT2D eigenvalue weighted by Crippen LogP contribution is 2.41. The van der Waals surface area contributed by atoms with Gasteiger partial charge in [0.2, 0.25) is 12.2 Å². The van der Waals surface area contributed by atoms with Gasteiger partial charge in [0.15, 0.2) is 15.7 Å². The number of aromatic nitrogens is 2. The van der Waals surface area contributed by atoms with Crippen LogP contribution in [0.15, 0.2) is 35.5 Å². The van der Waals surface area contributed by atoms with Gasteiger partial charge in [0.1, 0.15) is 5.69 Å². The van der Waals surface area contributed by atoms with Gasteiger partial charge >= 0.3 is 0 Å². The van der Waals surface area contributed by atoms with Gasteiger partial charge in [0, 0.05) is 26.9 Å². The summed E-state index contributed by atoms with van der Waals surface area (Å²) >= 11 is 6.28. The van der Waals surface area contributed by atoms with Crippen molar-refractivity contribution < 1.29 is 22.7 Å². The Morgan fingerprint density at radius 2 is 1.88 bits per heavy atom. The van der Waals surface area contributed by atoms with E-state index in [2.05, 4.69) is 15.3 Å². The molecule has 0 unspecified atom stereocenters. The molecule has 32 heavy (non-hydrogen) atoms. The molecule has 1 aliphatic rings. The van der Waals surface area contributed by atoms with Gasteiger partial charge in [-0.1, -0.05) is 30.5 Å². The molecule has 0 bridgehead atoms. The molecule has 1 atom stereocenters. The molecule has 174 valence electrons. The van der Waals surface area contributed by atoms with Crippen molar-refractivity contribution in [1.82, 2.24) is 9.97 Å². The van der Waals surface area contributed by atoms with Crippen LogP contribution in [0.4, 0.5) is 5.82 Å². The highest BCUT2D eigenvalue weighted by Gasteiger charge is 2.29. The Balaban J connectivity index is 1.76. The Labute approximate surface area is 193 Å². The maximum atomic E-state index is 12.8. The van der Waals surface area contributed by atoms with Crippen LogP contribution in [0.3, 0.4) is 0 Å². The summed E-state index contributed by atoms with van der Waals surface area (Å²) < 4.78 is 34.1. The van der Waals surface area contributed by atoms with Crippen LogP contribution in [-0.2, 0) is 24.1 Å². The molecule has 0 saturated heterocycles. The monoisotopic (exact) mass is 481 g/mol. The summed E-state index contributed by atoms with van der Waals surface area (Å²) in [5, 5.41) is 2.98. The summed E-state index contributed by atoms with van der Waals surface area (Å²) in [5.74, 6) is 0.406. The third-order valence-electron chi connectivity index (χ3n) is 5.77. The third-order valence-corrected chi connectivity index (χ3v) is 7.35. The minimum absolute atomic E-state index is 0.0674. The van der Waals surface area contributed by atoms with Crippen molar-refractivity contribution >= 4 is 33.2 Å². The van der Waals surface area contributed by atoms with E-state index in [0.29, 0.717) is 17.4 Å². The van der Waals surface area contributed by atoms with Crippen LogP contribution < -0.4 is 5.32 Å². The van der Waals surface area contributed by atoms with E-state index >= 15 is 0 Å². The number of benzene rings is 1. The Morgan fingerprint density at radius 3 is 2.41 bits per heavy atom. The second-order valence-corrected chi connectivity index (χ2v) is 10.4. The summed E-state index contributed by atoms with van der Waals surface area (Å²) in [6.07, 6.45) is 7.96. The number of carbonyl (C=O) groups excluding carboxylic acids is 1. The Bertz CT molecular complexity index is 1040. The number of methoxy groups -OCH3 is 2. The molecule has 1 aromatic carbocycles. The van der Waals surface area contributed by atoms with Gasteiger partial charge in [0.25, 0.3) is 0 Å². The summed E-state index contributed by atoms with van der Waals surface area (Å²) in [4.78, 5) is 21.4. The van der Waals surface area contributed by atoms with Crippen LogP contribution in [0, 0.1) is 5.92 Å². The number of anilines is 1. The van der Waals surface area contributed by atoms with E-state index in [1.165, 1.54) is 32.7 Å². The van der Waals surface area contributed by atoms with Gasteiger partial charge < -0.3 is 14.8 Å². The zero-order chi connectivity index (χ0) is 23.3. The fourth-order valence-corrected chi connectivity index (χ4v) is 5.56. The first kappa shape index (κ1) is 24.6. The number of carbonyl (C=O) groups is 1. The number of halogens is 1. The van der Waals surface area contributed by atoms with E-state index < -0.39 is 16.1 Å². The van der Waals surface area contributed by atoms with Crippen LogP contribution >= 0.6 is 11.6 Å². The van der Waals surface area contributed by atoms with E-state index in [4.69, 9.17) is 21.1 Å². The molecule has 0 radical (unpaired) electrons. The Morgan fingerprint density at radius 1 is 1.19 bits per heavy atom. The van der Waals surface area contributed by atoms with E-state index in [1.54, 1.807) is 12.1 Å². The molecule has 0 aliphatic heterocycles. The molecular weight excluding hydrogens is 454 g/mol. The molecule has 1 aliphatic carbocycles. The lowest BCUT2D eigenvalue weighted by Gasteiger charge is -2.24. The second-order valence-electron chi connectivity index (χ2n) is 8.00. The molecule has 1 amide bonds. The third kappa shape index (κ3) is 6.04. The summed E-state index contributed by atoms with van der Waals surface area (Å²) in [6, 6.07) is 4.97. The summed E-state index contributed by atoms with van der Waals surface area (Å²) in [7, 11) is -0.410. The number of nitrogens with one attached hydrogen (secondary N) is 1. The van der Waals surface area contributed by atoms with Crippen LogP contribution in [0.1, 0.15) is 55.6 Å². The second kappa shape index (κ2) is 10.7. The Hall–Kier alpha value is -2.07. The first-order valence-corrected chi connectivity index (χ1v) is 12.7. The fourth-order valence-electron chi connectivity index (χ4n) is 4.22. The van der Waals surface area contributed by atoms with E-state index in [1.807, 2.05) is 0 Å². The SMILES string of the molecule is COC(OC)c1cnc(NC(=O)C[C@@H](c2ccc(S(C)(=O)=O)c(Cl)c2)C2CCCC2)cn1. The molecular formula is C22H28ClN3O5S. The molecule has 3 rings (SSSR count). The maximum Gasteiger partial charge on any atom is 0.226 e. The molecule has 8 nitrogen and oxygen atoms in total. The molecule has 2 aromatic rings. The quantitative estimate of drug-likeness (QED) is 0.536. The molecule has 1 fully saturated rings. The first-order chi connectivity index (χ1) is 15.2. The van der Waals surface area contributed by atoms with Gasteiger partial charge in [-0.2, -0.15) is 0 Å². The number of rotatable bonds is 9. The summed E-state index contributed by atoms with van der Waals surface area (Å²) in [6.45, 7) is 0. The van der Waals surface area contributed by atoms with Crippen LogP contribution in [0.5, 0.6) is 0 Å². The van der Waals surface area contributed by atoms with Gasteiger partial charge in [0.05, 0.1) is 22.3 Å². The van der Waals surface area contributed by atoms with Gasteiger partial charge in [-0.15, -0.1) is 0 Å². The number of nitrogens with zero attached hydrogens (tertiary/aromatic N) is 2. The van der Waals surface area contributed by atoms with E-state index in [0.717, 1.165) is 37.5 Å². The smallest absolute Gasteiger partial charge is 0.226 e. The number of ether oxygens (including phenoxy) is 2. The normalized spacial score (nSPS) is 15.8. The topological polar surface area (TPSA) is 107 Å². The van der Waals surface area contributed by atoms with Crippen molar-refractivity contribution in [2.75, 3.05) is 25.8 Å². The molecule has 1 heterocycles. The number of amides is 1. The van der Waals surface area contributed by atoms with Crippen molar-refractivity contribution in [1.29, 1.82) is 0 Å². The highest BCUT2D eigenvalue weighted by molar-refractivity contribution is 7.90. The summed E-state index contributed by atoms with van der Waals surface area (Å²) in [5.41, 5.74) is 1.37. The standard InChI is InChI=1S/C22H28ClN3O5S/c1-30-22(31-2)18-12-25-20(13-24-18)26-21(27)11-16(14-6-4-5-7-14)15-8-9-19(17(23)10-15)32(3,28)29/h8-10,12-14,16,22H,4-7,11H2,1-3H3,(H,25,26,27)/t16-/m1/s1. The minimum atomic E-state index is -3.42. The predicted molar refractivity (Wildman–Crippen MR) is 121 cm³/mol. The number of sulfone groups is 1. The minimum Gasteiger partial charge on any atom is -0.350 e. The van der Waals surface area contributed by atoms with E-state index in [-0.39, 0.29) is 28.2 Å². The molecule has 1 N–H and O–H groups in total. The van der Waals surface area contributed by atoms with Crippen LogP contribution in [0.25, 0.3) is 0 Å². The lowest BCUT2D eigenvalue weighted by atomic mass is 9.82. The predicted octanol–water partition coefficient (Wildman–Crippen LogP) is 4.13. The van der Waals surface area contributed by atoms with Crippen molar-refractivity contribution in [2.45, 2.75) is 49.2 Å². The lowest BCUT2D eigenvalue weighted by Crippen LogP contribution is -2.21. The van der Waals surface area contributed by atoms with Crippen molar-refractivity contribution in [3.05, 3.63) is 46.9 Å². The molecule has 10 heteroatoms. The van der Waals surface area contributed by atoms with E-state index in [9.17, 15) is 13.2 Å². The van der Waals surface area contributed by atoms with Gasteiger partial charge in [-0.3, -0.25) is 9.78 Å². The zero-order valence-electron chi connectivity index (χ0n) is 18.4. The average molecular weight is 482 g/mol. The highest BCUT2D eigenvalue weighted by atomic mass is 35.5. The lowest BCUT2D eigenvalue weighted by molar-refractivity contribution is -0.116. The average Bonchev–Trinajstić information content (AvgIpc) is 3.27. The van der Waals surface area contributed by atoms with Crippen molar-refractivity contribution in [3.8, 4) is 0 Å². The van der Waals surface area contributed by atoms with Gasteiger partial charge in [-0.25, -0.2) is 13.4 Å². The van der Waals surface area contributed by atoms with Crippen molar-refractivity contribution in [3.63, 3.8) is 0 Å². The maximum absolute atomic E-state index is 12.8. The van der Waals surface area contributed by atoms with Gasteiger partial charge in [-0.05, 0) is 42.4 Å². The zero-order valence-corrected chi connectivity index (χ0v) is 19.9. The molecule has 0 spiro atoms. The first-order valence-electron chi connectivity index (χ1n) is 10.4.